The second kappa shape index (κ2) is 7.76. The molecule has 2 rings (SSSR count). The summed E-state index contributed by atoms with van der Waals surface area (Å²) in [4.78, 5) is 27.4. The van der Waals surface area contributed by atoms with Crippen molar-refractivity contribution in [2.45, 2.75) is 46.0 Å². The predicted octanol–water partition coefficient (Wildman–Crippen LogP) is 2.58. The molecule has 0 spiro atoms. The van der Waals surface area contributed by atoms with Crippen LogP contribution in [0.2, 0.25) is 0 Å². The van der Waals surface area contributed by atoms with Gasteiger partial charge in [-0.05, 0) is 43.9 Å². The Morgan fingerprint density at radius 1 is 1.30 bits per heavy atom. The van der Waals surface area contributed by atoms with Crippen LogP contribution in [0.3, 0.4) is 0 Å². The standard InChI is InChI=1S/C17H23N3O3/c1-3-13-16(20-10-8-12(2)11-14(20)19-13)17(23)18-9-6-4-5-7-15(21)22/h8,10-11H,3-7,9H2,1-2H3,(H,18,23)(H,21,22). The average Bonchev–Trinajstić information content (AvgIpc) is 2.87. The van der Waals surface area contributed by atoms with Crippen LogP contribution < -0.4 is 5.32 Å². The summed E-state index contributed by atoms with van der Waals surface area (Å²) < 4.78 is 1.82. The number of carboxylic acid groups (broad SMARTS) is 1. The molecule has 0 aromatic carbocycles. The number of carbonyl (C=O) groups is 2. The second-order valence-corrected chi connectivity index (χ2v) is 5.65. The Balaban J connectivity index is 1.99. The monoisotopic (exact) mass is 317 g/mol. The van der Waals surface area contributed by atoms with Crippen molar-refractivity contribution < 1.29 is 14.7 Å². The van der Waals surface area contributed by atoms with E-state index in [1.165, 1.54) is 0 Å². The van der Waals surface area contributed by atoms with Gasteiger partial charge >= 0.3 is 5.97 Å². The maximum Gasteiger partial charge on any atom is 0.303 e. The van der Waals surface area contributed by atoms with E-state index in [2.05, 4.69) is 10.3 Å². The van der Waals surface area contributed by atoms with Crippen molar-refractivity contribution in [2.75, 3.05) is 6.54 Å². The fourth-order valence-corrected chi connectivity index (χ4v) is 2.55. The van der Waals surface area contributed by atoms with E-state index in [1.807, 2.05) is 36.6 Å². The topological polar surface area (TPSA) is 83.7 Å². The molecule has 2 heterocycles. The van der Waals surface area contributed by atoms with Crippen LogP contribution >= 0.6 is 0 Å². The van der Waals surface area contributed by atoms with Crippen LogP contribution in [-0.4, -0.2) is 32.9 Å². The number of carboxylic acids is 1. The molecule has 0 saturated heterocycles. The van der Waals surface area contributed by atoms with Crippen molar-refractivity contribution in [2.24, 2.45) is 0 Å². The maximum atomic E-state index is 12.5. The number of rotatable bonds is 8. The predicted molar refractivity (Wildman–Crippen MR) is 87.7 cm³/mol. The van der Waals surface area contributed by atoms with Crippen LogP contribution in [0.5, 0.6) is 0 Å². The van der Waals surface area contributed by atoms with E-state index >= 15 is 0 Å². The lowest BCUT2D eigenvalue weighted by molar-refractivity contribution is -0.137. The number of hydrogen-bond donors (Lipinski definition) is 2. The number of nitrogens with zero attached hydrogens (tertiary/aromatic N) is 2. The van der Waals surface area contributed by atoms with Gasteiger partial charge in [0.25, 0.3) is 5.91 Å². The number of imidazole rings is 1. The third kappa shape index (κ3) is 4.31. The molecule has 0 atom stereocenters. The zero-order valence-electron chi connectivity index (χ0n) is 13.6. The van der Waals surface area contributed by atoms with E-state index < -0.39 is 5.97 Å². The van der Waals surface area contributed by atoms with Gasteiger partial charge in [-0.15, -0.1) is 0 Å². The molecule has 0 fully saturated rings. The Kier molecular flexibility index (Phi) is 5.73. The lowest BCUT2D eigenvalue weighted by Crippen LogP contribution is -2.26. The Morgan fingerprint density at radius 3 is 2.78 bits per heavy atom. The first-order chi connectivity index (χ1) is 11.0. The summed E-state index contributed by atoms with van der Waals surface area (Å²) in [5, 5.41) is 11.5. The smallest absolute Gasteiger partial charge is 0.303 e. The SMILES string of the molecule is CCc1nc2cc(C)ccn2c1C(=O)NCCCCCC(=O)O. The van der Waals surface area contributed by atoms with Gasteiger partial charge in [-0.25, -0.2) is 4.98 Å². The molecule has 23 heavy (non-hydrogen) atoms. The van der Waals surface area contributed by atoms with Gasteiger partial charge in [-0.1, -0.05) is 13.3 Å². The van der Waals surface area contributed by atoms with Crippen molar-refractivity contribution in [1.82, 2.24) is 14.7 Å². The van der Waals surface area contributed by atoms with Crippen LogP contribution in [0.4, 0.5) is 0 Å². The van der Waals surface area contributed by atoms with Gasteiger partial charge in [0, 0.05) is 19.2 Å². The quantitative estimate of drug-likeness (QED) is 0.733. The molecule has 0 aliphatic heterocycles. The molecule has 2 N–H and O–H groups in total. The Hall–Kier alpha value is -2.37. The molecular weight excluding hydrogens is 294 g/mol. The molecule has 0 radical (unpaired) electrons. The number of unbranched alkanes of at least 4 members (excludes halogenated alkanes) is 2. The average molecular weight is 317 g/mol. The molecule has 0 bridgehead atoms. The number of pyridine rings is 1. The first-order valence-corrected chi connectivity index (χ1v) is 8.00. The Morgan fingerprint density at radius 2 is 2.09 bits per heavy atom. The van der Waals surface area contributed by atoms with Gasteiger partial charge in [0.15, 0.2) is 0 Å². The highest BCUT2D eigenvalue weighted by atomic mass is 16.4. The zero-order chi connectivity index (χ0) is 16.8. The van der Waals surface area contributed by atoms with Gasteiger partial charge < -0.3 is 10.4 Å². The van der Waals surface area contributed by atoms with Crippen LogP contribution in [-0.2, 0) is 11.2 Å². The number of aliphatic carboxylic acids is 1. The molecule has 0 saturated carbocycles. The summed E-state index contributed by atoms with van der Waals surface area (Å²) in [7, 11) is 0. The Labute approximate surface area is 135 Å². The minimum absolute atomic E-state index is 0.128. The maximum absolute atomic E-state index is 12.5. The minimum atomic E-state index is -0.775. The van der Waals surface area contributed by atoms with E-state index in [0.717, 1.165) is 29.7 Å². The molecule has 0 aliphatic rings. The van der Waals surface area contributed by atoms with Gasteiger partial charge in [-0.2, -0.15) is 0 Å². The van der Waals surface area contributed by atoms with Gasteiger partial charge in [-0.3, -0.25) is 14.0 Å². The number of nitrogens with one attached hydrogen (secondary N) is 1. The van der Waals surface area contributed by atoms with E-state index in [9.17, 15) is 9.59 Å². The van der Waals surface area contributed by atoms with Crippen molar-refractivity contribution in [3.05, 3.63) is 35.3 Å². The summed E-state index contributed by atoms with van der Waals surface area (Å²) >= 11 is 0. The number of carbonyl (C=O) groups excluding carboxylic acids is 1. The van der Waals surface area contributed by atoms with Crippen LogP contribution in [0.15, 0.2) is 18.3 Å². The molecule has 2 aromatic heterocycles. The molecule has 0 unspecified atom stereocenters. The molecule has 0 aliphatic carbocycles. The highest BCUT2D eigenvalue weighted by Crippen LogP contribution is 2.15. The van der Waals surface area contributed by atoms with Gasteiger partial charge in [0.05, 0.1) is 5.69 Å². The summed E-state index contributed by atoms with van der Waals surface area (Å²) in [6, 6.07) is 3.92. The normalized spacial score (nSPS) is 10.9. The lowest BCUT2D eigenvalue weighted by atomic mass is 10.2. The summed E-state index contributed by atoms with van der Waals surface area (Å²) in [6.45, 7) is 4.52. The molecule has 6 heteroatoms. The highest BCUT2D eigenvalue weighted by Gasteiger charge is 2.17. The van der Waals surface area contributed by atoms with Gasteiger partial charge in [0.2, 0.25) is 0 Å². The second-order valence-electron chi connectivity index (χ2n) is 5.65. The summed E-state index contributed by atoms with van der Waals surface area (Å²) in [5.74, 6) is -0.904. The highest BCUT2D eigenvalue weighted by molar-refractivity contribution is 5.94. The largest absolute Gasteiger partial charge is 0.481 e. The molecule has 2 aromatic rings. The van der Waals surface area contributed by atoms with Gasteiger partial charge in [0.1, 0.15) is 11.3 Å². The van der Waals surface area contributed by atoms with Crippen LogP contribution in [0.25, 0.3) is 5.65 Å². The van der Waals surface area contributed by atoms with E-state index in [4.69, 9.17) is 5.11 Å². The van der Waals surface area contributed by atoms with Crippen molar-refractivity contribution in [3.63, 3.8) is 0 Å². The van der Waals surface area contributed by atoms with Crippen molar-refractivity contribution >= 4 is 17.5 Å². The van der Waals surface area contributed by atoms with E-state index in [0.29, 0.717) is 25.1 Å². The molecule has 1 amide bonds. The zero-order valence-corrected chi connectivity index (χ0v) is 13.6. The number of aromatic nitrogens is 2. The number of aryl methyl sites for hydroxylation is 2. The lowest BCUT2D eigenvalue weighted by Gasteiger charge is -2.06. The summed E-state index contributed by atoms with van der Waals surface area (Å²) in [6.07, 6.45) is 4.96. The first-order valence-electron chi connectivity index (χ1n) is 8.00. The molecule has 6 nitrogen and oxygen atoms in total. The molecule has 124 valence electrons. The minimum Gasteiger partial charge on any atom is -0.481 e. The van der Waals surface area contributed by atoms with E-state index in [-0.39, 0.29) is 12.3 Å². The fraction of sp³-hybridized carbons (Fsp3) is 0.471. The third-order valence-corrected chi connectivity index (χ3v) is 3.76. The Bertz CT molecular complexity index is 706. The van der Waals surface area contributed by atoms with Crippen LogP contribution in [0.1, 0.15) is 54.4 Å². The van der Waals surface area contributed by atoms with E-state index in [1.54, 1.807) is 0 Å². The van der Waals surface area contributed by atoms with Crippen molar-refractivity contribution in [1.29, 1.82) is 0 Å². The third-order valence-electron chi connectivity index (χ3n) is 3.76. The fourth-order valence-electron chi connectivity index (χ4n) is 2.55. The first kappa shape index (κ1) is 17.0. The number of hydrogen-bond acceptors (Lipinski definition) is 3. The van der Waals surface area contributed by atoms with Crippen molar-refractivity contribution in [3.8, 4) is 0 Å². The summed E-state index contributed by atoms with van der Waals surface area (Å²) in [5.41, 5.74) is 3.27. The van der Waals surface area contributed by atoms with Crippen LogP contribution in [0, 0.1) is 6.92 Å². The molecular formula is C17H23N3O3. The number of amides is 1. The number of fused-ring (bicyclic) bond motifs is 1.